The van der Waals surface area contributed by atoms with Gasteiger partial charge in [-0.25, -0.2) is 8.42 Å². The highest BCUT2D eigenvalue weighted by atomic mass is 32.2. The van der Waals surface area contributed by atoms with Crippen molar-refractivity contribution < 1.29 is 17.9 Å². The zero-order valence-corrected chi connectivity index (χ0v) is 16.9. The smallest absolute Gasteiger partial charge is 0.225 e. The molecule has 0 aliphatic carbocycles. The molecule has 0 aromatic heterocycles. The van der Waals surface area contributed by atoms with Crippen LogP contribution in [0.4, 0.5) is 0 Å². The quantitative estimate of drug-likeness (QED) is 0.689. The molecule has 26 heavy (non-hydrogen) atoms. The lowest BCUT2D eigenvalue weighted by molar-refractivity contribution is -0.136. The molecule has 1 fully saturated rings. The van der Waals surface area contributed by atoms with Gasteiger partial charge in [-0.2, -0.15) is 0 Å². The van der Waals surface area contributed by atoms with Crippen molar-refractivity contribution in [1.82, 2.24) is 4.90 Å². The minimum absolute atomic E-state index is 0.0831. The minimum atomic E-state index is -3.37. The van der Waals surface area contributed by atoms with E-state index in [0.717, 1.165) is 25.7 Å². The van der Waals surface area contributed by atoms with E-state index in [-0.39, 0.29) is 11.8 Å². The van der Waals surface area contributed by atoms with Gasteiger partial charge in [0.1, 0.15) is 5.75 Å². The van der Waals surface area contributed by atoms with Crippen molar-refractivity contribution >= 4 is 15.7 Å². The number of rotatable bonds is 8. The summed E-state index contributed by atoms with van der Waals surface area (Å²) in [5, 5.41) is -0.421. The highest BCUT2D eigenvalue weighted by Gasteiger charge is 2.34. The van der Waals surface area contributed by atoms with E-state index >= 15 is 0 Å². The molecule has 1 amide bonds. The average Bonchev–Trinajstić information content (AvgIpc) is 2.67. The van der Waals surface area contributed by atoms with Crippen LogP contribution in [0.1, 0.15) is 52.4 Å². The summed E-state index contributed by atoms with van der Waals surface area (Å²) < 4.78 is 30.8. The number of likely N-dealkylation sites (tertiary alicyclic amines) is 1. The Labute approximate surface area is 157 Å². The summed E-state index contributed by atoms with van der Waals surface area (Å²) >= 11 is 0. The molecule has 0 N–H and O–H groups in total. The van der Waals surface area contributed by atoms with Crippen LogP contribution in [0.2, 0.25) is 0 Å². The fourth-order valence-electron chi connectivity index (χ4n) is 3.69. The largest absolute Gasteiger partial charge is 0.497 e. The molecule has 1 aliphatic heterocycles. The number of amides is 1. The van der Waals surface area contributed by atoms with Crippen LogP contribution in [0.25, 0.3) is 0 Å². The first-order valence-corrected chi connectivity index (χ1v) is 11.1. The summed E-state index contributed by atoms with van der Waals surface area (Å²) in [6, 6.07) is 6.55. The molecule has 2 rings (SSSR count). The lowest BCUT2D eigenvalue weighted by atomic mass is 9.95. The third kappa shape index (κ3) is 4.78. The number of benzene rings is 1. The fourth-order valence-corrected chi connectivity index (χ4v) is 5.42. The van der Waals surface area contributed by atoms with Crippen LogP contribution < -0.4 is 4.74 Å². The molecule has 0 spiro atoms. The van der Waals surface area contributed by atoms with E-state index in [1.807, 2.05) is 4.90 Å². The lowest BCUT2D eigenvalue weighted by Gasteiger charge is -2.34. The number of hydrogen-bond acceptors (Lipinski definition) is 4. The van der Waals surface area contributed by atoms with Gasteiger partial charge in [-0.3, -0.25) is 4.79 Å². The normalized spacial score (nSPS) is 16.1. The number of nitrogens with zero attached hydrogens (tertiary/aromatic N) is 1. The van der Waals surface area contributed by atoms with Crippen molar-refractivity contribution in [2.24, 2.45) is 5.92 Å². The molecule has 0 saturated carbocycles. The second-order valence-electron chi connectivity index (χ2n) is 7.02. The van der Waals surface area contributed by atoms with E-state index in [9.17, 15) is 13.2 Å². The van der Waals surface area contributed by atoms with E-state index in [2.05, 4.69) is 13.8 Å². The summed E-state index contributed by atoms with van der Waals surface area (Å²) in [6.07, 6.45) is 4.83. The van der Waals surface area contributed by atoms with Crippen molar-refractivity contribution in [3.63, 3.8) is 0 Å². The Balaban J connectivity index is 2.01. The van der Waals surface area contributed by atoms with Gasteiger partial charge in [0.15, 0.2) is 9.84 Å². The predicted octanol–water partition coefficient (Wildman–Crippen LogP) is 3.68. The van der Waals surface area contributed by atoms with Crippen LogP contribution in [-0.4, -0.2) is 44.7 Å². The highest BCUT2D eigenvalue weighted by molar-refractivity contribution is 7.92. The van der Waals surface area contributed by atoms with Crippen LogP contribution >= 0.6 is 0 Å². The zero-order valence-electron chi connectivity index (χ0n) is 16.1. The van der Waals surface area contributed by atoms with E-state index in [4.69, 9.17) is 4.74 Å². The zero-order chi connectivity index (χ0) is 19.2. The van der Waals surface area contributed by atoms with Crippen LogP contribution in [0.3, 0.4) is 0 Å². The summed E-state index contributed by atoms with van der Waals surface area (Å²) in [4.78, 5) is 14.9. The van der Waals surface area contributed by atoms with Gasteiger partial charge < -0.3 is 9.64 Å². The average molecular weight is 382 g/mol. The fraction of sp³-hybridized carbons (Fsp3) is 0.650. The van der Waals surface area contributed by atoms with Crippen molar-refractivity contribution in [1.29, 1.82) is 0 Å². The molecule has 146 valence electrons. The van der Waals surface area contributed by atoms with Gasteiger partial charge in [0.25, 0.3) is 0 Å². The first kappa shape index (κ1) is 20.7. The molecule has 5 nitrogen and oxygen atoms in total. The molecular weight excluding hydrogens is 350 g/mol. The minimum Gasteiger partial charge on any atom is -0.497 e. The third-order valence-electron chi connectivity index (χ3n) is 5.20. The number of hydrogen-bond donors (Lipinski definition) is 0. The maximum absolute atomic E-state index is 12.9. The Bertz CT molecular complexity index is 670. The second-order valence-corrected chi connectivity index (χ2v) is 9.25. The third-order valence-corrected chi connectivity index (χ3v) is 7.48. The second kappa shape index (κ2) is 9.40. The van der Waals surface area contributed by atoms with E-state index < -0.39 is 15.1 Å². The molecule has 0 bridgehead atoms. The number of carbonyl (C=O) groups is 1. The molecule has 0 atom stereocenters. The Hall–Kier alpha value is -1.56. The van der Waals surface area contributed by atoms with Crippen molar-refractivity contribution in [3.05, 3.63) is 24.3 Å². The summed E-state index contributed by atoms with van der Waals surface area (Å²) in [7, 11) is -1.81. The Morgan fingerprint density at radius 3 is 2.12 bits per heavy atom. The molecule has 0 radical (unpaired) electrons. The molecule has 6 heteroatoms. The van der Waals surface area contributed by atoms with E-state index in [1.165, 1.54) is 0 Å². The number of sulfone groups is 1. The van der Waals surface area contributed by atoms with Crippen molar-refractivity contribution in [2.45, 2.75) is 62.5 Å². The van der Waals surface area contributed by atoms with Gasteiger partial charge >= 0.3 is 0 Å². The van der Waals surface area contributed by atoms with Gasteiger partial charge in [0.2, 0.25) is 5.91 Å². The number of carbonyl (C=O) groups excluding carboxylic acids is 1. The van der Waals surface area contributed by atoms with Crippen LogP contribution in [0, 0.1) is 5.92 Å². The van der Waals surface area contributed by atoms with Gasteiger partial charge in [0.05, 0.1) is 17.3 Å². The summed E-state index contributed by atoms with van der Waals surface area (Å²) in [6.45, 7) is 5.26. The van der Waals surface area contributed by atoms with Crippen molar-refractivity contribution in [2.75, 3.05) is 20.2 Å². The van der Waals surface area contributed by atoms with Crippen LogP contribution in [-0.2, 0) is 14.6 Å². The molecule has 0 unspecified atom stereocenters. The van der Waals surface area contributed by atoms with Gasteiger partial charge in [-0.1, -0.05) is 26.7 Å². The predicted molar refractivity (Wildman–Crippen MR) is 103 cm³/mol. The Morgan fingerprint density at radius 1 is 1.12 bits per heavy atom. The summed E-state index contributed by atoms with van der Waals surface area (Å²) in [5.41, 5.74) is 0. The first-order valence-electron chi connectivity index (χ1n) is 9.60. The van der Waals surface area contributed by atoms with Crippen LogP contribution in [0.5, 0.6) is 5.75 Å². The van der Waals surface area contributed by atoms with Crippen molar-refractivity contribution in [3.8, 4) is 5.75 Å². The monoisotopic (exact) mass is 381 g/mol. The van der Waals surface area contributed by atoms with Crippen LogP contribution in [0.15, 0.2) is 29.2 Å². The number of methoxy groups -OCH3 is 1. The lowest BCUT2D eigenvalue weighted by Crippen LogP contribution is -2.44. The van der Waals surface area contributed by atoms with E-state index in [0.29, 0.717) is 36.6 Å². The first-order chi connectivity index (χ1) is 12.4. The maximum atomic E-state index is 12.9. The molecule has 1 heterocycles. The van der Waals surface area contributed by atoms with Gasteiger partial charge in [-0.05, 0) is 49.9 Å². The molecule has 1 saturated heterocycles. The molecule has 1 aliphatic rings. The van der Waals surface area contributed by atoms with E-state index in [1.54, 1.807) is 31.4 Å². The summed E-state index contributed by atoms with van der Waals surface area (Å²) in [5.74, 6) is 0.927. The molecular formula is C20H31NO4S. The molecule has 1 aromatic rings. The number of piperidine rings is 1. The number of ether oxygens (including phenoxy) is 1. The highest BCUT2D eigenvalue weighted by Crippen LogP contribution is 2.27. The SMILES string of the molecule is CCCC(CCC)C(=O)N1CCC(S(=O)(=O)c2ccc(OC)cc2)CC1. The Kier molecular flexibility index (Phi) is 7.50. The standard InChI is InChI=1S/C20H31NO4S/c1-4-6-16(7-5-2)20(22)21-14-12-19(13-15-21)26(23,24)18-10-8-17(25-3)9-11-18/h8-11,16,19H,4-7,12-15H2,1-3H3. The van der Waals surface area contributed by atoms with Gasteiger partial charge in [0, 0.05) is 19.0 Å². The Morgan fingerprint density at radius 2 is 1.65 bits per heavy atom. The molecule has 1 aromatic carbocycles. The van der Waals surface area contributed by atoms with Gasteiger partial charge in [-0.15, -0.1) is 0 Å². The maximum Gasteiger partial charge on any atom is 0.225 e. The topological polar surface area (TPSA) is 63.7 Å².